The molecule has 0 saturated carbocycles. The number of hydrogen-bond donors (Lipinski definition) is 0. The van der Waals surface area contributed by atoms with Crippen LogP contribution in [-0.2, 0) is 9.53 Å². The predicted octanol–water partition coefficient (Wildman–Crippen LogP) is 4.39. The average molecular weight is 429 g/mol. The number of benzene rings is 3. The van der Waals surface area contributed by atoms with Gasteiger partial charge in [-0.25, -0.2) is 0 Å². The van der Waals surface area contributed by atoms with Gasteiger partial charge >= 0.3 is 163 Å². The van der Waals surface area contributed by atoms with E-state index in [2.05, 4.69) is 88.3 Å². The van der Waals surface area contributed by atoms with Gasteiger partial charge in [-0.15, -0.1) is 0 Å². The minimum atomic E-state index is -2.97. The molecule has 0 radical (unpaired) electrons. The van der Waals surface area contributed by atoms with E-state index >= 15 is 0 Å². The van der Waals surface area contributed by atoms with Crippen molar-refractivity contribution in [2.24, 2.45) is 0 Å². The van der Waals surface area contributed by atoms with Crippen LogP contribution < -0.4 is 15.9 Å². The van der Waals surface area contributed by atoms with Crippen LogP contribution in [0.25, 0.3) is 0 Å². The Morgan fingerprint density at radius 2 is 1.12 bits per heavy atom. The molecule has 0 unspecified atom stereocenters. The van der Waals surface area contributed by atoms with Crippen LogP contribution in [0.4, 0.5) is 0 Å². The Kier molecular flexibility index (Phi) is 5.60. The van der Waals surface area contributed by atoms with Gasteiger partial charge in [-0.1, -0.05) is 0 Å². The van der Waals surface area contributed by atoms with Gasteiger partial charge in [0.05, 0.1) is 0 Å². The van der Waals surface area contributed by atoms with Crippen molar-refractivity contribution in [2.45, 2.75) is 6.92 Å². The molecule has 3 rings (SSSR count). The average Bonchev–Trinajstić information content (AvgIpc) is 2.70. The molecule has 0 aliphatic carbocycles. The van der Waals surface area contributed by atoms with Crippen molar-refractivity contribution in [1.82, 2.24) is 0 Å². The fourth-order valence-corrected chi connectivity index (χ4v) is 10.5. The Morgan fingerprint density at radius 1 is 0.769 bits per heavy atom. The molecular weight excluding hydrogens is 407 g/mol. The van der Waals surface area contributed by atoms with Crippen molar-refractivity contribution in [3.63, 3.8) is 0 Å². The van der Waals surface area contributed by atoms with E-state index in [9.17, 15) is 4.79 Å². The molecule has 26 heavy (non-hydrogen) atoms. The first-order valence-corrected chi connectivity index (χ1v) is 13.0. The summed E-state index contributed by atoms with van der Waals surface area (Å²) in [4.78, 5) is 11.4. The van der Waals surface area contributed by atoms with Crippen LogP contribution in [0.5, 0.6) is 0 Å². The number of hydrogen-bond acceptors (Lipinski definition) is 2. The summed E-state index contributed by atoms with van der Waals surface area (Å²) < 4.78 is 5.39. The third-order valence-electron chi connectivity index (χ3n) is 4.70. The van der Waals surface area contributed by atoms with E-state index in [1.807, 2.05) is 18.2 Å². The second-order valence-corrected chi connectivity index (χ2v) is 15.3. The second-order valence-electron chi connectivity index (χ2n) is 6.25. The zero-order valence-electron chi connectivity index (χ0n) is 14.7. The van der Waals surface area contributed by atoms with Crippen LogP contribution in [-0.4, -0.2) is 18.7 Å². The van der Waals surface area contributed by atoms with Crippen LogP contribution in [0.2, 0.25) is 0 Å². The molecule has 2 nitrogen and oxygen atoms in total. The zero-order chi connectivity index (χ0) is 18.5. The zero-order valence-corrected chi connectivity index (χ0v) is 17.2. The molecule has 4 heteroatoms. The van der Waals surface area contributed by atoms with Crippen molar-refractivity contribution >= 4 is 42.7 Å². The molecule has 134 valence electrons. The molecule has 0 N–H and O–H groups in total. The summed E-state index contributed by atoms with van der Waals surface area (Å²) in [5.41, 5.74) is 0. The minimum absolute atomic E-state index is 0.253. The molecule has 0 heterocycles. The van der Waals surface area contributed by atoms with Gasteiger partial charge < -0.3 is 0 Å². The monoisotopic (exact) mass is 428 g/mol. The molecule has 0 fully saturated rings. The molecule has 0 amide bonds. The van der Waals surface area contributed by atoms with Gasteiger partial charge in [0.25, 0.3) is 0 Å². The van der Waals surface area contributed by atoms with E-state index in [0.29, 0.717) is 12.8 Å². The summed E-state index contributed by atoms with van der Waals surface area (Å²) in [6, 6.07) is 31.5. The maximum absolute atomic E-state index is 11.4. The predicted molar refractivity (Wildman–Crippen MR) is 116 cm³/mol. The molecule has 0 saturated heterocycles. The third-order valence-corrected chi connectivity index (χ3v) is 14.6. The second kappa shape index (κ2) is 7.73. The van der Waals surface area contributed by atoms with Crippen molar-refractivity contribution in [2.75, 3.05) is 12.8 Å². The number of carbonyl (C=O) groups is 1. The summed E-state index contributed by atoms with van der Waals surface area (Å²) in [6.45, 7) is 1.81. The Labute approximate surface area is 162 Å². The van der Waals surface area contributed by atoms with Crippen LogP contribution in [0.3, 0.4) is 0 Å². The van der Waals surface area contributed by atoms with E-state index in [-0.39, 0.29) is 5.97 Å². The van der Waals surface area contributed by atoms with E-state index in [0.717, 1.165) is 0 Å². The number of rotatable bonds is 6. The third kappa shape index (κ3) is 3.34. The first-order chi connectivity index (χ1) is 12.6. The number of ether oxygens (including phenoxy) is 1. The Bertz CT molecular complexity index is 767. The molecule has 3 aromatic rings. The van der Waals surface area contributed by atoms with Crippen molar-refractivity contribution in [1.29, 1.82) is 0 Å². The standard InChI is InChI=1S/C22H22BrO2P/c1-19(24)25-17-18-26(23,20-11-5-2-6-12-20,21-13-7-3-8-14-21)22-15-9-4-10-16-22/h2-16H,17-18H2,1H3. The van der Waals surface area contributed by atoms with Gasteiger partial charge in [-0.2, -0.15) is 0 Å². The van der Waals surface area contributed by atoms with Gasteiger partial charge in [-0.3, -0.25) is 0 Å². The number of halogens is 1. The number of carbonyl (C=O) groups excluding carboxylic acids is 1. The van der Waals surface area contributed by atoms with Crippen molar-refractivity contribution in [3.8, 4) is 0 Å². The van der Waals surface area contributed by atoms with Crippen LogP contribution in [0, 0.1) is 0 Å². The molecular formula is C22H22BrO2P. The fourth-order valence-electron chi connectivity index (χ4n) is 3.41. The normalized spacial score (nSPS) is 12.8. The molecule has 0 aliphatic heterocycles. The van der Waals surface area contributed by atoms with E-state index in [4.69, 9.17) is 4.74 Å². The fraction of sp³-hybridized carbons (Fsp3) is 0.136. The van der Waals surface area contributed by atoms with E-state index < -0.39 is 5.31 Å². The number of esters is 1. The summed E-state index contributed by atoms with van der Waals surface area (Å²) >= 11 is 4.31. The Hall–Kier alpha value is -1.96. The molecule has 0 aliphatic rings. The topological polar surface area (TPSA) is 26.3 Å². The molecule has 0 aromatic heterocycles. The van der Waals surface area contributed by atoms with Crippen molar-refractivity contribution in [3.05, 3.63) is 91.0 Å². The van der Waals surface area contributed by atoms with Gasteiger partial charge in [-0.05, 0) is 0 Å². The van der Waals surface area contributed by atoms with Crippen LogP contribution in [0.15, 0.2) is 91.0 Å². The van der Waals surface area contributed by atoms with E-state index in [1.54, 1.807) is 0 Å². The van der Waals surface area contributed by atoms with Gasteiger partial charge in [0.1, 0.15) is 0 Å². The summed E-state index contributed by atoms with van der Waals surface area (Å²) in [5, 5.41) is 0.709. The summed E-state index contributed by atoms with van der Waals surface area (Å²) in [6.07, 6.45) is 0.698. The summed E-state index contributed by atoms with van der Waals surface area (Å²) in [7, 11) is 0. The molecule has 0 spiro atoms. The molecule has 0 bridgehead atoms. The first kappa shape index (κ1) is 18.8. The van der Waals surface area contributed by atoms with Gasteiger partial charge in [0, 0.05) is 0 Å². The maximum atomic E-state index is 11.4. The first-order valence-electron chi connectivity index (χ1n) is 8.59. The van der Waals surface area contributed by atoms with Gasteiger partial charge in [0.2, 0.25) is 0 Å². The summed E-state index contributed by atoms with van der Waals surface area (Å²) in [5.74, 6) is -0.253. The van der Waals surface area contributed by atoms with Crippen LogP contribution in [0.1, 0.15) is 6.92 Å². The van der Waals surface area contributed by atoms with Crippen LogP contribution >= 0.6 is 20.8 Å². The molecule has 0 atom stereocenters. The van der Waals surface area contributed by atoms with Gasteiger partial charge in [0.15, 0.2) is 0 Å². The SMILES string of the molecule is CC(=O)OCCP(Br)(c1ccccc1)(c1ccccc1)c1ccccc1. The van der Waals surface area contributed by atoms with Crippen molar-refractivity contribution < 1.29 is 9.53 Å². The van der Waals surface area contributed by atoms with E-state index in [1.165, 1.54) is 22.8 Å². The molecule has 3 aromatic carbocycles. The Morgan fingerprint density at radius 3 is 1.42 bits per heavy atom. The Balaban J connectivity index is 2.29. The quantitative estimate of drug-likeness (QED) is 0.429.